The minimum atomic E-state index is 0.830. The number of hydrogen-bond donors (Lipinski definition) is 1. The summed E-state index contributed by atoms with van der Waals surface area (Å²) in [6.45, 7) is 10.9. The van der Waals surface area contributed by atoms with E-state index in [-0.39, 0.29) is 0 Å². The molecule has 1 aliphatic heterocycles. The summed E-state index contributed by atoms with van der Waals surface area (Å²) in [5.41, 5.74) is 2.49. The lowest BCUT2D eigenvalue weighted by Crippen LogP contribution is -2.43. The monoisotopic (exact) mass is 262 g/mol. The smallest absolute Gasteiger partial charge is 0.122 e. The Labute approximate surface area is 116 Å². The molecule has 1 N–H and O–H groups in total. The summed E-state index contributed by atoms with van der Waals surface area (Å²) in [6.07, 6.45) is 2.36. The van der Waals surface area contributed by atoms with E-state index in [0.717, 1.165) is 31.9 Å². The van der Waals surface area contributed by atoms with Gasteiger partial charge < -0.3 is 15.0 Å². The maximum Gasteiger partial charge on any atom is 0.122 e. The molecule has 0 aromatic heterocycles. The first kappa shape index (κ1) is 14.4. The molecule has 3 nitrogen and oxygen atoms in total. The molecule has 0 atom stereocenters. The second-order valence-corrected chi connectivity index (χ2v) is 5.42. The molecular weight excluding hydrogens is 236 g/mol. The van der Waals surface area contributed by atoms with Crippen molar-refractivity contribution in [1.29, 1.82) is 0 Å². The Hall–Kier alpha value is -1.06. The van der Waals surface area contributed by atoms with Gasteiger partial charge in [0.05, 0.1) is 6.61 Å². The molecule has 0 saturated carbocycles. The summed E-state index contributed by atoms with van der Waals surface area (Å²) in [6, 6.07) is 6.39. The van der Waals surface area contributed by atoms with E-state index in [0.29, 0.717) is 0 Å². The summed E-state index contributed by atoms with van der Waals surface area (Å²) in [5.74, 6) is 1.04. The molecule has 0 bridgehead atoms. The number of nitrogens with one attached hydrogen (secondary N) is 1. The second kappa shape index (κ2) is 7.51. The quantitative estimate of drug-likeness (QED) is 0.797. The Morgan fingerprint density at radius 1 is 1.16 bits per heavy atom. The van der Waals surface area contributed by atoms with E-state index in [2.05, 4.69) is 42.3 Å². The summed E-state index contributed by atoms with van der Waals surface area (Å²) < 4.78 is 5.88. The SMILES string of the molecule is Cc1ccc(C)c(OCCCCN2CCNCC2)c1. The zero-order valence-electron chi connectivity index (χ0n) is 12.2. The number of nitrogens with zero attached hydrogens (tertiary/aromatic N) is 1. The van der Waals surface area contributed by atoms with Crippen molar-refractivity contribution in [2.75, 3.05) is 39.3 Å². The molecule has 1 aliphatic rings. The van der Waals surface area contributed by atoms with Gasteiger partial charge in [0, 0.05) is 26.2 Å². The van der Waals surface area contributed by atoms with Crippen LogP contribution < -0.4 is 10.1 Å². The zero-order chi connectivity index (χ0) is 13.5. The average Bonchev–Trinajstić information content (AvgIpc) is 2.43. The topological polar surface area (TPSA) is 24.5 Å². The van der Waals surface area contributed by atoms with Crippen LogP contribution in [0.5, 0.6) is 5.75 Å². The number of unbranched alkanes of at least 4 members (excludes halogenated alkanes) is 1. The van der Waals surface area contributed by atoms with Crippen molar-refractivity contribution in [3.8, 4) is 5.75 Å². The van der Waals surface area contributed by atoms with Gasteiger partial charge in [-0.15, -0.1) is 0 Å². The normalized spacial score (nSPS) is 16.5. The van der Waals surface area contributed by atoms with E-state index in [9.17, 15) is 0 Å². The minimum absolute atomic E-state index is 0.830. The Bertz CT molecular complexity index is 386. The first-order valence-electron chi connectivity index (χ1n) is 7.39. The van der Waals surface area contributed by atoms with Crippen LogP contribution in [0.25, 0.3) is 0 Å². The van der Waals surface area contributed by atoms with Crippen molar-refractivity contribution >= 4 is 0 Å². The van der Waals surface area contributed by atoms with Crippen LogP contribution >= 0.6 is 0 Å². The van der Waals surface area contributed by atoms with Crippen molar-refractivity contribution in [2.45, 2.75) is 26.7 Å². The molecule has 1 fully saturated rings. The molecule has 0 unspecified atom stereocenters. The van der Waals surface area contributed by atoms with Crippen LogP contribution in [0.3, 0.4) is 0 Å². The van der Waals surface area contributed by atoms with E-state index in [4.69, 9.17) is 4.74 Å². The van der Waals surface area contributed by atoms with Gasteiger partial charge in [0.15, 0.2) is 0 Å². The fourth-order valence-corrected chi connectivity index (χ4v) is 2.42. The molecule has 106 valence electrons. The van der Waals surface area contributed by atoms with Crippen LogP contribution in [-0.4, -0.2) is 44.2 Å². The first-order chi connectivity index (χ1) is 9.25. The number of aryl methyl sites for hydroxylation is 2. The lowest BCUT2D eigenvalue weighted by Gasteiger charge is -2.27. The lowest BCUT2D eigenvalue weighted by molar-refractivity contribution is 0.226. The predicted molar refractivity (Wildman–Crippen MR) is 80.0 cm³/mol. The first-order valence-corrected chi connectivity index (χ1v) is 7.39. The highest BCUT2D eigenvalue weighted by atomic mass is 16.5. The van der Waals surface area contributed by atoms with Crippen molar-refractivity contribution < 1.29 is 4.74 Å². The van der Waals surface area contributed by atoms with Gasteiger partial charge in [0.2, 0.25) is 0 Å². The molecule has 1 aromatic rings. The third-order valence-corrected chi connectivity index (χ3v) is 3.68. The Balaban J connectivity index is 1.62. The summed E-state index contributed by atoms with van der Waals surface area (Å²) in [7, 11) is 0. The Morgan fingerprint density at radius 3 is 2.74 bits per heavy atom. The minimum Gasteiger partial charge on any atom is -0.493 e. The van der Waals surface area contributed by atoms with Crippen LogP contribution in [-0.2, 0) is 0 Å². The molecule has 2 rings (SSSR count). The summed E-state index contributed by atoms with van der Waals surface area (Å²) in [5, 5.41) is 3.38. The maximum atomic E-state index is 5.88. The molecule has 3 heteroatoms. The van der Waals surface area contributed by atoms with Gasteiger partial charge in [-0.2, -0.15) is 0 Å². The number of hydrogen-bond acceptors (Lipinski definition) is 3. The fraction of sp³-hybridized carbons (Fsp3) is 0.625. The van der Waals surface area contributed by atoms with E-state index in [1.165, 1.54) is 37.2 Å². The third-order valence-electron chi connectivity index (χ3n) is 3.68. The number of ether oxygens (including phenoxy) is 1. The predicted octanol–water partition coefficient (Wildman–Crippen LogP) is 2.37. The van der Waals surface area contributed by atoms with Crippen molar-refractivity contribution in [2.24, 2.45) is 0 Å². The molecule has 1 aromatic carbocycles. The molecule has 0 radical (unpaired) electrons. The lowest BCUT2D eigenvalue weighted by atomic mass is 10.1. The van der Waals surface area contributed by atoms with E-state index in [1.807, 2.05) is 0 Å². The van der Waals surface area contributed by atoms with E-state index < -0.39 is 0 Å². The van der Waals surface area contributed by atoms with Gasteiger partial charge in [0.1, 0.15) is 5.75 Å². The zero-order valence-corrected chi connectivity index (χ0v) is 12.2. The Kier molecular flexibility index (Phi) is 5.67. The van der Waals surface area contributed by atoms with Gasteiger partial charge in [-0.25, -0.2) is 0 Å². The molecule has 1 heterocycles. The third kappa shape index (κ3) is 4.84. The maximum absolute atomic E-state index is 5.88. The summed E-state index contributed by atoms with van der Waals surface area (Å²) in [4.78, 5) is 2.54. The number of piperazine rings is 1. The van der Waals surface area contributed by atoms with Crippen LogP contribution in [0.4, 0.5) is 0 Å². The van der Waals surface area contributed by atoms with Gasteiger partial charge in [0.25, 0.3) is 0 Å². The Morgan fingerprint density at radius 2 is 1.95 bits per heavy atom. The standard InChI is InChI=1S/C16H26N2O/c1-14-5-6-15(2)16(13-14)19-12-4-3-9-18-10-7-17-8-11-18/h5-6,13,17H,3-4,7-12H2,1-2H3. The summed E-state index contributed by atoms with van der Waals surface area (Å²) >= 11 is 0. The molecule has 0 aliphatic carbocycles. The van der Waals surface area contributed by atoms with E-state index >= 15 is 0 Å². The van der Waals surface area contributed by atoms with Gasteiger partial charge in [-0.1, -0.05) is 12.1 Å². The molecule has 19 heavy (non-hydrogen) atoms. The molecular formula is C16H26N2O. The largest absolute Gasteiger partial charge is 0.493 e. The van der Waals surface area contributed by atoms with Crippen LogP contribution in [0, 0.1) is 13.8 Å². The fourth-order valence-electron chi connectivity index (χ4n) is 2.42. The molecule has 0 spiro atoms. The molecule has 1 saturated heterocycles. The average molecular weight is 262 g/mol. The van der Waals surface area contributed by atoms with Crippen LogP contribution in [0.15, 0.2) is 18.2 Å². The van der Waals surface area contributed by atoms with Crippen molar-refractivity contribution in [3.05, 3.63) is 29.3 Å². The highest BCUT2D eigenvalue weighted by Crippen LogP contribution is 2.19. The second-order valence-electron chi connectivity index (χ2n) is 5.42. The van der Waals surface area contributed by atoms with Crippen LogP contribution in [0.2, 0.25) is 0 Å². The van der Waals surface area contributed by atoms with Crippen molar-refractivity contribution in [3.63, 3.8) is 0 Å². The molecule has 0 amide bonds. The van der Waals surface area contributed by atoms with Gasteiger partial charge in [-0.05, 0) is 50.4 Å². The van der Waals surface area contributed by atoms with Crippen LogP contribution in [0.1, 0.15) is 24.0 Å². The van der Waals surface area contributed by atoms with Gasteiger partial charge >= 0.3 is 0 Å². The van der Waals surface area contributed by atoms with Crippen molar-refractivity contribution in [1.82, 2.24) is 10.2 Å². The number of rotatable bonds is 6. The highest BCUT2D eigenvalue weighted by Gasteiger charge is 2.08. The number of benzene rings is 1. The van der Waals surface area contributed by atoms with Gasteiger partial charge in [-0.3, -0.25) is 0 Å². The van der Waals surface area contributed by atoms with E-state index in [1.54, 1.807) is 0 Å². The highest BCUT2D eigenvalue weighted by molar-refractivity contribution is 5.35.